The molecule has 1 aliphatic rings. The van der Waals surface area contributed by atoms with Gasteiger partial charge < -0.3 is 9.47 Å². The third-order valence-electron chi connectivity index (χ3n) is 2.71. The molecule has 2 atom stereocenters. The molecule has 0 aliphatic heterocycles. The van der Waals surface area contributed by atoms with Crippen molar-refractivity contribution in [1.82, 2.24) is 0 Å². The van der Waals surface area contributed by atoms with Crippen LogP contribution in [0.2, 0.25) is 0 Å². The molecule has 0 spiro atoms. The summed E-state index contributed by atoms with van der Waals surface area (Å²) in [7, 11) is 4.87. The lowest BCUT2D eigenvalue weighted by Crippen LogP contribution is -2.28. The van der Waals surface area contributed by atoms with Crippen molar-refractivity contribution in [3.05, 3.63) is 53.1 Å². The van der Waals surface area contributed by atoms with E-state index in [9.17, 15) is 0 Å². The highest BCUT2D eigenvalue weighted by molar-refractivity contribution is 6.37. The maximum atomic E-state index is 6.56. The lowest BCUT2D eigenvalue weighted by Gasteiger charge is -2.30. The summed E-state index contributed by atoms with van der Waals surface area (Å²) in [6, 6.07) is 7.48. The number of hydrogen-bond donors (Lipinski definition) is 0. The van der Waals surface area contributed by atoms with E-state index in [0.717, 1.165) is 11.3 Å². The summed E-state index contributed by atoms with van der Waals surface area (Å²) in [6.07, 6.45) is 5.31. The highest BCUT2D eigenvalue weighted by Crippen LogP contribution is 2.42. The number of allylic oxidation sites excluding steroid dienone is 4. The summed E-state index contributed by atoms with van der Waals surface area (Å²) in [6.45, 7) is 0. The van der Waals surface area contributed by atoms with Crippen LogP contribution in [-0.4, -0.2) is 26.7 Å². The number of rotatable bonds is 2. The first-order chi connectivity index (χ1) is 9.47. The molecule has 0 amide bonds. The molecule has 5 heteroatoms. The summed E-state index contributed by atoms with van der Waals surface area (Å²) in [5.74, 6) is 0.779. The summed E-state index contributed by atoms with van der Waals surface area (Å²) in [5, 5.41) is 0.257. The predicted octanol–water partition coefficient (Wildman–Crippen LogP) is 4.69. The van der Waals surface area contributed by atoms with Crippen LogP contribution in [0.15, 0.2) is 47.5 Å². The smallest absolute Gasteiger partial charge is 0.118 e. The van der Waals surface area contributed by atoms with Crippen LogP contribution in [0.25, 0.3) is 0 Å². The van der Waals surface area contributed by atoms with Gasteiger partial charge in [-0.05, 0) is 29.8 Å². The van der Waals surface area contributed by atoms with Crippen LogP contribution in [0.4, 0.5) is 0 Å². The van der Waals surface area contributed by atoms with Crippen molar-refractivity contribution < 1.29 is 9.47 Å². The van der Waals surface area contributed by atoms with Gasteiger partial charge in [0.15, 0.2) is 0 Å². The van der Waals surface area contributed by atoms with Crippen molar-refractivity contribution in [3.8, 4) is 5.75 Å². The molecule has 0 fully saturated rings. The van der Waals surface area contributed by atoms with E-state index in [2.05, 4.69) is 4.74 Å². The SMILES string of the molecule is COC.COc1ccc(C2(Cl)C=C(Cl)C=CC2Cl)cc1. The zero-order valence-electron chi connectivity index (χ0n) is 11.6. The molecule has 0 N–H and O–H groups in total. The van der Waals surface area contributed by atoms with Crippen LogP contribution in [0.3, 0.4) is 0 Å². The van der Waals surface area contributed by atoms with Gasteiger partial charge in [0.2, 0.25) is 0 Å². The van der Waals surface area contributed by atoms with Gasteiger partial charge in [0.1, 0.15) is 10.6 Å². The molecule has 0 saturated carbocycles. The number of methoxy groups -OCH3 is 2. The van der Waals surface area contributed by atoms with Crippen LogP contribution < -0.4 is 4.74 Å². The second kappa shape index (κ2) is 7.94. The summed E-state index contributed by atoms with van der Waals surface area (Å²) < 4.78 is 9.36. The second-order valence-corrected chi connectivity index (χ2v) is 5.73. The number of halogens is 3. The topological polar surface area (TPSA) is 18.5 Å². The average Bonchev–Trinajstić information content (AvgIpc) is 2.44. The van der Waals surface area contributed by atoms with Crippen LogP contribution in [0.5, 0.6) is 5.75 Å². The lowest BCUT2D eigenvalue weighted by molar-refractivity contribution is 0.277. The molecular formula is C15H17Cl3O2. The molecular weight excluding hydrogens is 319 g/mol. The van der Waals surface area contributed by atoms with Crippen LogP contribution in [-0.2, 0) is 9.61 Å². The fraction of sp³-hybridized carbons (Fsp3) is 0.333. The van der Waals surface area contributed by atoms with Crippen molar-refractivity contribution in [3.63, 3.8) is 0 Å². The van der Waals surface area contributed by atoms with Gasteiger partial charge in [-0.15, -0.1) is 23.2 Å². The molecule has 1 aromatic rings. The Labute approximate surface area is 134 Å². The van der Waals surface area contributed by atoms with Gasteiger partial charge in [0.05, 0.1) is 12.5 Å². The molecule has 2 nitrogen and oxygen atoms in total. The van der Waals surface area contributed by atoms with Crippen molar-refractivity contribution in [2.75, 3.05) is 21.3 Å². The molecule has 0 radical (unpaired) electrons. The van der Waals surface area contributed by atoms with Gasteiger partial charge in [-0.1, -0.05) is 29.8 Å². The van der Waals surface area contributed by atoms with E-state index in [4.69, 9.17) is 39.5 Å². The first-order valence-corrected chi connectivity index (χ1v) is 7.11. The molecule has 2 rings (SSSR count). The van der Waals surface area contributed by atoms with Gasteiger partial charge in [-0.3, -0.25) is 0 Å². The Morgan fingerprint density at radius 2 is 1.65 bits per heavy atom. The summed E-state index contributed by atoms with van der Waals surface area (Å²) in [4.78, 5) is -0.806. The van der Waals surface area contributed by atoms with Crippen molar-refractivity contribution in [2.24, 2.45) is 0 Å². The normalized spacial score (nSPS) is 24.5. The minimum Gasteiger partial charge on any atom is -0.497 e. The van der Waals surface area contributed by atoms with E-state index in [1.807, 2.05) is 24.3 Å². The largest absolute Gasteiger partial charge is 0.497 e. The number of alkyl halides is 2. The second-order valence-electron chi connectivity index (χ2n) is 4.19. The van der Waals surface area contributed by atoms with Gasteiger partial charge in [0.25, 0.3) is 0 Å². The molecule has 1 aromatic carbocycles. The Morgan fingerprint density at radius 3 is 2.15 bits per heavy atom. The van der Waals surface area contributed by atoms with Crippen molar-refractivity contribution >= 4 is 34.8 Å². The van der Waals surface area contributed by atoms with Gasteiger partial charge in [-0.25, -0.2) is 0 Å². The fourth-order valence-electron chi connectivity index (χ4n) is 1.73. The fourth-order valence-corrected chi connectivity index (χ4v) is 2.61. The highest BCUT2D eigenvalue weighted by Gasteiger charge is 2.36. The Morgan fingerprint density at radius 1 is 1.10 bits per heavy atom. The molecule has 0 saturated heterocycles. The molecule has 0 bridgehead atoms. The Balaban J connectivity index is 0.000000612. The number of ether oxygens (including phenoxy) is 2. The predicted molar refractivity (Wildman–Crippen MR) is 86.2 cm³/mol. The molecule has 0 heterocycles. The van der Waals surface area contributed by atoms with Gasteiger partial charge in [0, 0.05) is 19.3 Å². The third kappa shape index (κ3) is 4.16. The first kappa shape index (κ1) is 17.4. The lowest BCUT2D eigenvalue weighted by atomic mass is 9.91. The van der Waals surface area contributed by atoms with Crippen LogP contribution >= 0.6 is 34.8 Å². The van der Waals surface area contributed by atoms with E-state index in [-0.39, 0.29) is 5.38 Å². The maximum absolute atomic E-state index is 6.56. The molecule has 110 valence electrons. The minimum atomic E-state index is -0.806. The maximum Gasteiger partial charge on any atom is 0.118 e. The number of hydrogen-bond acceptors (Lipinski definition) is 2. The zero-order chi connectivity index (χ0) is 15.2. The standard InChI is InChI=1S/C13H11Cl3O.C2H6O/c1-17-11-5-2-9(3-6-11)13(16)8-10(14)4-7-12(13)15;1-3-2/h2-8,12H,1H3;1-2H3. The van der Waals surface area contributed by atoms with E-state index in [1.54, 1.807) is 39.6 Å². The Kier molecular flexibility index (Phi) is 6.90. The van der Waals surface area contributed by atoms with E-state index in [1.165, 1.54) is 0 Å². The van der Waals surface area contributed by atoms with E-state index >= 15 is 0 Å². The quantitative estimate of drug-likeness (QED) is 0.730. The van der Waals surface area contributed by atoms with Gasteiger partial charge >= 0.3 is 0 Å². The van der Waals surface area contributed by atoms with Crippen LogP contribution in [0.1, 0.15) is 5.56 Å². The van der Waals surface area contributed by atoms with Crippen molar-refractivity contribution in [2.45, 2.75) is 10.3 Å². The Bertz CT molecular complexity index is 482. The highest BCUT2D eigenvalue weighted by atomic mass is 35.5. The zero-order valence-corrected chi connectivity index (χ0v) is 13.8. The average molecular weight is 336 g/mol. The van der Waals surface area contributed by atoms with E-state index in [0.29, 0.717) is 5.03 Å². The van der Waals surface area contributed by atoms with Crippen LogP contribution in [0, 0.1) is 0 Å². The Hall–Kier alpha value is -0.670. The first-order valence-electron chi connectivity index (χ1n) is 5.92. The van der Waals surface area contributed by atoms with E-state index < -0.39 is 4.87 Å². The van der Waals surface area contributed by atoms with Gasteiger partial charge in [-0.2, -0.15) is 0 Å². The number of benzene rings is 1. The molecule has 2 unspecified atom stereocenters. The summed E-state index contributed by atoms with van der Waals surface area (Å²) in [5.41, 5.74) is 0.891. The summed E-state index contributed by atoms with van der Waals surface area (Å²) >= 11 is 18.8. The van der Waals surface area contributed by atoms with Crippen molar-refractivity contribution in [1.29, 1.82) is 0 Å². The molecule has 0 aromatic heterocycles. The minimum absolute atomic E-state index is 0.333. The molecule has 20 heavy (non-hydrogen) atoms. The third-order valence-corrected chi connectivity index (χ3v) is 4.11. The molecule has 1 aliphatic carbocycles. The monoisotopic (exact) mass is 334 g/mol.